The van der Waals surface area contributed by atoms with Crippen molar-refractivity contribution in [3.8, 4) is 17.0 Å². The Morgan fingerprint density at radius 1 is 1.37 bits per heavy atom. The highest BCUT2D eigenvalue weighted by Crippen LogP contribution is 2.41. The summed E-state index contributed by atoms with van der Waals surface area (Å²) in [6, 6.07) is 5.32. The largest absolute Gasteiger partial charge is 0.496 e. The number of halogens is 1. The van der Waals surface area contributed by atoms with Crippen molar-refractivity contribution in [3.63, 3.8) is 0 Å². The number of rotatable bonds is 3. The molecular weight excluding hydrogens is 245 g/mol. The Morgan fingerprint density at radius 3 is 2.53 bits per heavy atom. The summed E-state index contributed by atoms with van der Waals surface area (Å²) in [7, 11) is 1.53. The minimum Gasteiger partial charge on any atom is -0.496 e. The minimum atomic E-state index is -1.49. The maximum atomic E-state index is 14.3. The summed E-state index contributed by atoms with van der Waals surface area (Å²) in [6.07, 6.45) is 0. The number of H-pyrrole nitrogens is 1. The van der Waals surface area contributed by atoms with Crippen LogP contribution in [-0.4, -0.2) is 17.3 Å². The van der Waals surface area contributed by atoms with Crippen molar-refractivity contribution < 1.29 is 9.13 Å². The Kier molecular flexibility index (Phi) is 3.22. The molecular formula is C14H18FN3O. The highest BCUT2D eigenvalue weighted by Gasteiger charge is 2.26. The number of hydrogen-bond acceptors (Lipinski definition) is 3. The zero-order chi connectivity index (χ0) is 14.2. The number of anilines is 1. The summed E-state index contributed by atoms with van der Waals surface area (Å²) in [5.41, 5.74) is 7.11. The van der Waals surface area contributed by atoms with Crippen LogP contribution in [0.5, 0.6) is 5.75 Å². The number of nitrogens with one attached hydrogen (secondary N) is 1. The molecule has 0 fully saturated rings. The van der Waals surface area contributed by atoms with Crippen molar-refractivity contribution >= 4 is 5.82 Å². The zero-order valence-corrected chi connectivity index (χ0v) is 11.5. The first-order valence-electron chi connectivity index (χ1n) is 6.03. The van der Waals surface area contributed by atoms with E-state index in [9.17, 15) is 4.39 Å². The molecule has 0 radical (unpaired) electrons. The predicted octanol–water partition coefficient (Wildman–Crippen LogP) is 3.18. The first-order chi connectivity index (χ1) is 8.84. The van der Waals surface area contributed by atoms with Gasteiger partial charge in [0.2, 0.25) is 0 Å². The number of nitrogens with zero attached hydrogens (tertiary/aromatic N) is 1. The Labute approximate surface area is 111 Å². The highest BCUT2D eigenvalue weighted by molar-refractivity contribution is 5.74. The molecule has 0 bridgehead atoms. The molecule has 0 spiro atoms. The molecule has 0 aliphatic heterocycles. The molecule has 102 valence electrons. The number of aryl methyl sites for hydroxylation is 1. The van der Waals surface area contributed by atoms with Crippen LogP contribution in [-0.2, 0) is 5.67 Å². The predicted molar refractivity (Wildman–Crippen MR) is 73.9 cm³/mol. The van der Waals surface area contributed by atoms with Crippen LogP contribution >= 0.6 is 0 Å². The van der Waals surface area contributed by atoms with Crippen LogP contribution in [0.15, 0.2) is 18.2 Å². The van der Waals surface area contributed by atoms with E-state index in [0.29, 0.717) is 17.1 Å². The molecule has 1 aromatic heterocycles. The monoisotopic (exact) mass is 263 g/mol. The third-order valence-corrected chi connectivity index (χ3v) is 3.08. The summed E-state index contributed by atoms with van der Waals surface area (Å²) in [5.74, 6) is 0.900. The van der Waals surface area contributed by atoms with Gasteiger partial charge in [-0.05, 0) is 26.3 Å². The normalized spacial score (nSPS) is 11.6. The van der Waals surface area contributed by atoms with Crippen LogP contribution in [0.1, 0.15) is 25.0 Å². The van der Waals surface area contributed by atoms with Gasteiger partial charge in [-0.25, -0.2) is 4.39 Å². The molecule has 0 saturated heterocycles. The molecule has 0 aliphatic rings. The third-order valence-electron chi connectivity index (χ3n) is 3.08. The van der Waals surface area contributed by atoms with Gasteiger partial charge in [-0.2, -0.15) is 5.10 Å². The minimum absolute atomic E-state index is 0.390. The van der Waals surface area contributed by atoms with Crippen molar-refractivity contribution in [2.45, 2.75) is 26.4 Å². The average Bonchev–Trinajstić information content (AvgIpc) is 2.73. The van der Waals surface area contributed by atoms with Gasteiger partial charge < -0.3 is 10.5 Å². The standard InChI is InChI=1S/C14H18FN3O/c1-8-5-6-9(14(2,3)15)13(19-4)12(8)10-7-11(16)18-17-10/h5-7H,1-4H3,(H3,16,17,18). The van der Waals surface area contributed by atoms with Gasteiger partial charge in [0.1, 0.15) is 17.2 Å². The van der Waals surface area contributed by atoms with Crippen LogP contribution in [0, 0.1) is 6.92 Å². The lowest BCUT2D eigenvalue weighted by molar-refractivity contribution is 0.213. The van der Waals surface area contributed by atoms with Gasteiger partial charge in [-0.15, -0.1) is 0 Å². The van der Waals surface area contributed by atoms with Crippen LogP contribution in [0.3, 0.4) is 0 Å². The number of ether oxygens (including phenoxy) is 1. The van der Waals surface area contributed by atoms with Gasteiger partial charge in [0, 0.05) is 17.2 Å². The third kappa shape index (κ3) is 2.41. The molecule has 5 heteroatoms. The molecule has 0 unspecified atom stereocenters. The van der Waals surface area contributed by atoms with E-state index in [1.54, 1.807) is 12.1 Å². The van der Waals surface area contributed by atoms with Crippen molar-refractivity contribution in [1.29, 1.82) is 0 Å². The van der Waals surface area contributed by atoms with Gasteiger partial charge in [0.15, 0.2) is 0 Å². The van der Waals surface area contributed by atoms with Crippen molar-refractivity contribution in [1.82, 2.24) is 10.2 Å². The quantitative estimate of drug-likeness (QED) is 0.894. The Morgan fingerprint density at radius 2 is 2.05 bits per heavy atom. The first kappa shape index (κ1) is 13.4. The van der Waals surface area contributed by atoms with E-state index >= 15 is 0 Å². The molecule has 4 nitrogen and oxygen atoms in total. The van der Waals surface area contributed by atoms with E-state index in [2.05, 4.69) is 10.2 Å². The number of nitrogen functional groups attached to an aromatic ring is 1. The lowest BCUT2D eigenvalue weighted by Gasteiger charge is -2.21. The summed E-state index contributed by atoms with van der Waals surface area (Å²) in [5, 5.41) is 6.74. The Hall–Kier alpha value is -2.04. The fraction of sp³-hybridized carbons (Fsp3) is 0.357. The smallest absolute Gasteiger partial charge is 0.145 e. The molecule has 0 atom stereocenters. The number of aromatic nitrogens is 2. The highest BCUT2D eigenvalue weighted by atomic mass is 19.1. The van der Waals surface area contributed by atoms with Gasteiger partial charge in [0.05, 0.1) is 12.8 Å². The second kappa shape index (κ2) is 4.57. The number of nitrogens with two attached hydrogens (primary N) is 1. The van der Waals surface area contributed by atoms with Gasteiger partial charge >= 0.3 is 0 Å². The van der Waals surface area contributed by atoms with Crippen molar-refractivity contribution in [2.75, 3.05) is 12.8 Å². The van der Waals surface area contributed by atoms with Crippen LogP contribution in [0.25, 0.3) is 11.3 Å². The lowest BCUT2D eigenvalue weighted by atomic mass is 9.92. The van der Waals surface area contributed by atoms with E-state index in [0.717, 1.165) is 16.8 Å². The maximum absolute atomic E-state index is 14.3. The molecule has 1 aromatic carbocycles. The summed E-state index contributed by atoms with van der Waals surface area (Å²) in [6.45, 7) is 4.94. The molecule has 2 rings (SSSR count). The topological polar surface area (TPSA) is 63.9 Å². The molecule has 0 saturated carbocycles. The number of hydrogen-bond donors (Lipinski definition) is 2. The van der Waals surface area contributed by atoms with Crippen LogP contribution < -0.4 is 10.5 Å². The van der Waals surface area contributed by atoms with Crippen LogP contribution in [0.4, 0.5) is 10.2 Å². The van der Waals surface area contributed by atoms with Crippen molar-refractivity contribution in [2.24, 2.45) is 0 Å². The average molecular weight is 263 g/mol. The Balaban J connectivity index is 2.72. The van der Waals surface area contributed by atoms with E-state index < -0.39 is 5.67 Å². The molecule has 19 heavy (non-hydrogen) atoms. The van der Waals surface area contributed by atoms with E-state index in [1.165, 1.54) is 21.0 Å². The van der Waals surface area contributed by atoms with Crippen LogP contribution in [0.2, 0.25) is 0 Å². The summed E-state index contributed by atoms with van der Waals surface area (Å²) >= 11 is 0. The van der Waals surface area contributed by atoms with Gasteiger partial charge in [-0.3, -0.25) is 5.10 Å². The zero-order valence-electron chi connectivity index (χ0n) is 11.5. The number of methoxy groups -OCH3 is 1. The number of alkyl halides is 1. The van der Waals surface area contributed by atoms with Gasteiger partial charge in [0.25, 0.3) is 0 Å². The molecule has 0 aliphatic carbocycles. The lowest BCUT2D eigenvalue weighted by Crippen LogP contribution is -2.12. The van der Waals surface area contributed by atoms with Gasteiger partial charge in [-0.1, -0.05) is 12.1 Å². The molecule has 2 aromatic rings. The summed E-state index contributed by atoms with van der Waals surface area (Å²) < 4.78 is 19.7. The Bertz CT molecular complexity index is 599. The molecule has 1 heterocycles. The molecule has 3 N–H and O–H groups in total. The second-order valence-electron chi connectivity index (χ2n) is 5.02. The SMILES string of the molecule is COc1c(C(C)(C)F)ccc(C)c1-c1cc(N)n[nH]1. The fourth-order valence-corrected chi connectivity index (χ4v) is 2.16. The number of aromatic amines is 1. The first-order valence-corrected chi connectivity index (χ1v) is 6.03. The second-order valence-corrected chi connectivity index (χ2v) is 5.02. The van der Waals surface area contributed by atoms with Crippen molar-refractivity contribution in [3.05, 3.63) is 29.3 Å². The fourth-order valence-electron chi connectivity index (χ4n) is 2.16. The summed E-state index contributed by atoms with van der Waals surface area (Å²) in [4.78, 5) is 0. The maximum Gasteiger partial charge on any atom is 0.145 e. The van der Waals surface area contributed by atoms with E-state index in [1.807, 2.05) is 13.0 Å². The molecule has 0 amide bonds. The number of benzene rings is 1. The van der Waals surface area contributed by atoms with E-state index in [-0.39, 0.29) is 0 Å². The van der Waals surface area contributed by atoms with E-state index in [4.69, 9.17) is 10.5 Å².